The Morgan fingerprint density at radius 1 is 0.718 bits per heavy atom. The van der Waals surface area contributed by atoms with Crippen LogP contribution in [-0.4, -0.2) is 13.2 Å². The van der Waals surface area contributed by atoms with Gasteiger partial charge in [-0.25, -0.2) is 13.2 Å². The van der Waals surface area contributed by atoms with E-state index in [0.29, 0.717) is 42.9 Å². The highest BCUT2D eigenvalue weighted by Crippen LogP contribution is 2.40. The molecule has 1 saturated carbocycles. The van der Waals surface area contributed by atoms with Gasteiger partial charge in [-0.3, -0.25) is 0 Å². The maximum Gasteiger partial charge on any atom is 0.201 e. The zero-order valence-corrected chi connectivity index (χ0v) is 22.6. The molecule has 0 aliphatic heterocycles. The topological polar surface area (TPSA) is 18.5 Å². The molecule has 2 nitrogen and oxygen atoms in total. The highest BCUT2D eigenvalue weighted by atomic mass is 19.2. The smallest absolute Gasteiger partial charge is 0.201 e. The maximum atomic E-state index is 15.2. The van der Waals surface area contributed by atoms with Gasteiger partial charge in [0.2, 0.25) is 5.82 Å². The van der Waals surface area contributed by atoms with Crippen molar-refractivity contribution in [2.75, 3.05) is 13.2 Å². The average molecular weight is 541 g/mol. The van der Waals surface area contributed by atoms with E-state index in [2.05, 4.69) is 0 Å². The van der Waals surface area contributed by atoms with Crippen molar-refractivity contribution < 1.29 is 27.0 Å². The Balaban J connectivity index is 1.37. The van der Waals surface area contributed by atoms with Crippen LogP contribution >= 0.6 is 0 Å². The number of hydrogen-bond acceptors (Lipinski definition) is 2. The molecule has 6 heteroatoms. The van der Waals surface area contributed by atoms with Crippen LogP contribution in [-0.2, 0) is 0 Å². The van der Waals surface area contributed by atoms with Crippen molar-refractivity contribution in [2.24, 2.45) is 5.92 Å². The lowest BCUT2D eigenvalue weighted by Gasteiger charge is -2.27. The first-order valence-electron chi connectivity index (χ1n) is 13.9. The van der Waals surface area contributed by atoms with Crippen molar-refractivity contribution in [3.05, 3.63) is 89.0 Å². The number of allylic oxidation sites excluding steroid dienone is 1. The van der Waals surface area contributed by atoms with Crippen molar-refractivity contribution in [1.29, 1.82) is 0 Å². The van der Waals surface area contributed by atoms with Gasteiger partial charge >= 0.3 is 0 Å². The molecule has 0 bridgehead atoms. The van der Waals surface area contributed by atoms with E-state index in [1.54, 1.807) is 42.5 Å². The van der Waals surface area contributed by atoms with Crippen molar-refractivity contribution in [3.8, 4) is 22.6 Å². The van der Waals surface area contributed by atoms with Crippen LogP contribution in [0, 0.1) is 29.2 Å². The van der Waals surface area contributed by atoms with Gasteiger partial charge in [0.05, 0.1) is 13.2 Å². The number of hydrogen-bond donors (Lipinski definition) is 0. The van der Waals surface area contributed by atoms with E-state index in [1.165, 1.54) is 12.1 Å². The minimum atomic E-state index is -0.973. The highest BCUT2D eigenvalue weighted by molar-refractivity contribution is 5.65. The molecule has 0 radical (unpaired) electrons. The number of ether oxygens (including phenoxy) is 2. The maximum absolute atomic E-state index is 15.2. The summed E-state index contributed by atoms with van der Waals surface area (Å²) in [5.74, 6) is -2.83. The summed E-state index contributed by atoms with van der Waals surface area (Å²) in [6.07, 6.45) is 8.95. The van der Waals surface area contributed by atoms with Crippen LogP contribution < -0.4 is 9.47 Å². The summed E-state index contributed by atoms with van der Waals surface area (Å²) in [7, 11) is 0. The molecule has 1 aliphatic carbocycles. The fraction of sp³-hybridized carbons (Fsp3) is 0.394. The molecule has 0 N–H and O–H groups in total. The molecule has 1 aliphatic rings. The van der Waals surface area contributed by atoms with Crippen LogP contribution in [0.1, 0.15) is 75.8 Å². The Kier molecular flexibility index (Phi) is 10.1. The molecule has 39 heavy (non-hydrogen) atoms. The number of halogens is 4. The van der Waals surface area contributed by atoms with Gasteiger partial charge in [0.15, 0.2) is 23.2 Å². The Labute approximate surface area is 228 Å². The second kappa shape index (κ2) is 13.7. The van der Waals surface area contributed by atoms with Crippen LogP contribution in [0.5, 0.6) is 11.5 Å². The Bertz CT molecular complexity index is 1260. The molecule has 0 aromatic heterocycles. The third-order valence-electron chi connectivity index (χ3n) is 7.34. The first-order valence-corrected chi connectivity index (χ1v) is 13.9. The molecule has 1 fully saturated rings. The lowest BCUT2D eigenvalue weighted by Crippen LogP contribution is -2.13. The van der Waals surface area contributed by atoms with Crippen LogP contribution in [0.4, 0.5) is 17.6 Å². The van der Waals surface area contributed by atoms with Crippen LogP contribution in [0.3, 0.4) is 0 Å². The van der Waals surface area contributed by atoms with E-state index >= 15 is 8.78 Å². The van der Waals surface area contributed by atoms with Gasteiger partial charge in [-0.15, -0.1) is 0 Å². The average Bonchev–Trinajstić information content (AvgIpc) is 2.96. The second-order valence-electron chi connectivity index (χ2n) is 10.2. The lowest BCUT2D eigenvalue weighted by atomic mass is 9.78. The molecule has 3 aromatic carbocycles. The van der Waals surface area contributed by atoms with Crippen LogP contribution in [0.25, 0.3) is 17.2 Å². The number of unbranched alkanes of at least 4 members (excludes halogenated alkanes) is 1. The zero-order valence-electron chi connectivity index (χ0n) is 22.6. The fourth-order valence-corrected chi connectivity index (χ4v) is 5.03. The zero-order chi connectivity index (χ0) is 27.8. The molecule has 0 heterocycles. The molecular formula is C33H36F4O2. The summed E-state index contributed by atoms with van der Waals surface area (Å²) in [5, 5.41) is 0. The van der Waals surface area contributed by atoms with Gasteiger partial charge in [0, 0.05) is 11.1 Å². The number of rotatable bonds is 11. The molecule has 0 unspecified atom stereocenters. The molecule has 208 valence electrons. The normalized spacial score (nSPS) is 17.5. The third-order valence-corrected chi connectivity index (χ3v) is 7.34. The lowest BCUT2D eigenvalue weighted by molar-refractivity contribution is 0.288. The predicted molar refractivity (Wildman–Crippen MR) is 148 cm³/mol. The van der Waals surface area contributed by atoms with Gasteiger partial charge in [0.1, 0.15) is 5.75 Å². The van der Waals surface area contributed by atoms with Crippen LogP contribution in [0.15, 0.2) is 54.6 Å². The van der Waals surface area contributed by atoms with Gasteiger partial charge in [-0.1, -0.05) is 56.7 Å². The van der Waals surface area contributed by atoms with Gasteiger partial charge in [0.25, 0.3) is 0 Å². The van der Waals surface area contributed by atoms with Crippen LogP contribution in [0.2, 0.25) is 0 Å². The Hall–Kier alpha value is -3.28. The quantitative estimate of drug-likeness (QED) is 0.178. The molecule has 0 saturated heterocycles. The molecular weight excluding hydrogens is 504 g/mol. The standard InChI is InChI=1S/C33H36F4O2/c1-3-5-21-39-29-19-14-25(30(34)33(29)37)11-8-22-6-9-23(10-7-22)27-17-18-28(32(36)31(27)35)24-12-15-26(16-13-24)38-20-4-2/h8,11-19,22-23H,3-7,9-10,20-21H2,1-2H3/b11-8+. The van der Waals surface area contributed by atoms with Crippen molar-refractivity contribution in [3.63, 3.8) is 0 Å². The van der Waals surface area contributed by atoms with Gasteiger partial charge < -0.3 is 9.47 Å². The Morgan fingerprint density at radius 2 is 1.46 bits per heavy atom. The molecule has 0 spiro atoms. The minimum absolute atomic E-state index is 0.0723. The third kappa shape index (κ3) is 7.03. The molecule has 0 atom stereocenters. The monoisotopic (exact) mass is 540 g/mol. The minimum Gasteiger partial charge on any atom is -0.494 e. The van der Waals surface area contributed by atoms with E-state index in [-0.39, 0.29) is 28.7 Å². The van der Waals surface area contributed by atoms with E-state index < -0.39 is 23.3 Å². The highest BCUT2D eigenvalue weighted by Gasteiger charge is 2.26. The first-order chi connectivity index (χ1) is 18.9. The predicted octanol–water partition coefficient (Wildman–Crippen LogP) is 9.86. The largest absolute Gasteiger partial charge is 0.494 e. The Morgan fingerprint density at radius 3 is 2.15 bits per heavy atom. The van der Waals surface area contributed by atoms with Crippen molar-refractivity contribution in [1.82, 2.24) is 0 Å². The summed E-state index contributed by atoms with van der Waals surface area (Å²) < 4.78 is 70.0. The summed E-state index contributed by atoms with van der Waals surface area (Å²) in [6, 6.07) is 13.3. The fourth-order valence-electron chi connectivity index (χ4n) is 5.03. The molecule has 0 amide bonds. The van der Waals surface area contributed by atoms with Gasteiger partial charge in [-0.05, 0) is 85.8 Å². The van der Waals surface area contributed by atoms with E-state index in [0.717, 1.165) is 32.1 Å². The summed E-state index contributed by atoms with van der Waals surface area (Å²) in [5.41, 5.74) is 1.39. The van der Waals surface area contributed by atoms with E-state index in [9.17, 15) is 8.78 Å². The second-order valence-corrected chi connectivity index (χ2v) is 10.2. The molecule has 4 rings (SSSR count). The summed E-state index contributed by atoms with van der Waals surface area (Å²) in [6.45, 7) is 4.97. The van der Waals surface area contributed by atoms with Crippen molar-refractivity contribution >= 4 is 6.08 Å². The van der Waals surface area contributed by atoms with E-state index in [1.807, 2.05) is 19.9 Å². The number of benzene rings is 3. The van der Waals surface area contributed by atoms with Crippen molar-refractivity contribution in [2.45, 2.75) is 64.7 Å². The molecule has 3 aromatic rings. The summed E-state index contributed by atoms with van der Waals surface area (Å²) in [4.78, 5) is 0. The first kappa shape index (κ1) is 28.7. The van der Waals surface area contributed by atoms with E-state index in [4.69, 9.17) is 9.47 Å². The summed E-state index contributed by atoms with van der Waals surface area (Å²) >= 11 is 0. The van der Waals surface area contributed by atoms with Gasteiger partial charge in [-0.2, -0.15) is 4.39 Å². The SMILES string of the molecule is CCCCOc1ccc(/C=C/C2CCC(c3ccc(-c4ccc(OCCC)cc4)c(F)c3F)CC2)c(F)c1F.